The highest BCUT2D eigenvalue weighted by atomic mass is 16.5. The number of carbonyl (C=O) groups excluding carboxylic acids is 1. The topological polar surface area (TPSA) is 51.9 Å². The molecule has 0 saturated carbocycles. The van der Waals surface area contributed by atoms with E-state index in [2.05, 4.69) is 0 Å². The van der Waals surface area contributed by atoms with Gasteiger partial charge in [-0.15, -0.1) is 0 Å². The quantitative estimate of drug-likeness (QED) is 0.710. The average molecular weight is 345 g/mol. The molecule has 0 N–H and O–H groups in total. The Morgan fingerprint density at radius 1 is 1.08 bits per heavy atom. The number of hydrogen-bond donors (Lipinski definition) is 0. The first-order valence-corrected chi connectivity index (χ1v) is 8.72. The SMILES string of the molecule is CCOc1ccc(C(=O)N(Cc2ccc(C)o2)C(C)C)cc1OCC. The second kappa shape index (κ2) is 8.60. The molecule has 0 spiro atoms. The molecule has 0 atom stereocenters. The van der Waals surface area contributed by atoms with Crippen LogP contribution in [0.3, 0.4) is 0 Å². The Balaban J connectivity index is 2.27. The minimum atomic E-state index is -0.0620. The first kappa shape index (κ1) is 18.9. The van der Waals surface area contributed by atoms with E-state index in [0.717, 1.165) is 11.5 Å². The molecule has 1 aromatic carbocycles. The molecule has 5 heteroatoms. The molecule has 2 rings (SSSR count). The van der Waals surface area contributed by atoms with E-state index in [1.165, 1.54) is 0 Å². The van der Waals surface area contributed by atoms with Crippen molar-refractivity contribution in [2.75, 3.05) is 13.2 Å². The fourth-order valence-electron chi connectivity index (χ4n) is 2.58. The van der Waals surface area contributed by atoms with Crippen LogP contribution in [0.5, 0.6) is 11.5 Å². The summed E-state index contributed by atoms with van der Waals surface area (Å²) in [6.45, 7) is 11.2. The molecule has 1 aromatic heterocycles. The number of aryl methyl sites for hydroxylation is 1. The Labute approximate surface area is 149 Å². The number of hydrogen-bond acceptors (Lipinski definition) is 4. The van der Waals surface area contributed by atoms with Gasteiger partial charge in [0.25, 0.3) is 5.91 Å². The summed E-state index contributed by atoms with van der Waals surface area (Å²) in [7, 11) is 0. The van der Waals surface area contributed by atoms with E-state index in [4.69, 9.17) is 13.9 Å². The van der Waals surface area contributed by atoms with Crippen molar-refractivity contribution in [2.24, 2.45) is 0 Å². The highest BCUT2D eigenvalue weighted by Crippen LogP contribution is 2.29. The molecular formula is C20H27NO4. The number of amides is 1. The number of carbonyl (C=O) groups is 1. The molecule has 5 nitrogen and oxygen atoms in total. The summed E-state index contributed by atoms with van der Waals surface area (Å²) in [4.78, 5) is 14.8. The summed E-state index contributed by atoms with van der Waals surface area (Å²) >= 11 is 0. The maximum absolute atomic E-state index is 13.0. The van der Waals surface area contributed by atoms with Crippen LogP contribution in [0, 0.1) is 6.92 Å². The molecule has 136 valence electrons. The largest absolute Gasteiger partial charge is 0.490 e. The van der Waals surface area contributed by atoms with Crippen LogP contribution in [0.25, 0.3) is 0 Å². The van der Waals surface area contributed by atoms with Gasteiger partial charge in [-0.2, -0.15) is 0 Å². The third kappa shape index (κ3) is 4.78. The molecule has 0 unspecified atom stereocenters. The van der Waals surface area contributed by atoms with Crippen molar-refractivity contribution in [3.05, 3.63) is 47.4 Å². The molecule has 0 radical (unpaired) electrons. The Morgan fingerprint density at radius 3 is 2.32 bits per heavy atom. The van der Waals surface area contributed by atoms with Crippen molar-refractivity contribution in [1.29, 1.82) is 0 Å². The molecule has 0 fully saturated rings. The van der Waals surface area contributed by atoms with Gasteiger partial charge in [0.15, 0.2) is 11.5 Å². The maximum atomic E-state index is 13.0. The van der Waals surface area contributed by atoms with Crippen LogP contribution >= 0.6 is 0 Å². The zero-order valence-corrected chi connectivity index (χ0v) is 15.7. The van der Waals surface area contributed by atoms with Crippen molar-refractivity contribution in [3.63, 3.8) is 0 Å². The molecule has 0 aliphatic rings. The van der Waals surface area contributed by atoms with Gasteiger partial charge < -0.3 is 18.8 Å². The average Bonchev–Trinajstić information content (AvgIpc) is 2.99. The number of furan rings is 1. The minimum Gasteiger partial charge on any atom is -0.490 e. The number of benzene rings is 1. The highest BCUT2D eigenvalue weighted by Gasteiger charge is 2.22. The first-order valence-electron chi connectivity index (χ1n) is 8.72. The Kier molecular flexibility index (Phi) is 6.51. The molecule has 0 aliphatic carbocycles. The molecule has 2 aromatic rings. The number of ether oxygens (including phenoxy) is 2. The van der Waals surface area contributed by atoms with Crippen LogP contribution < -0.4 is 9.47 Å². The zero-order chi connectivity index (χ0) is 18.4. The predicted octanol–water partition coefficient (Wildman–Crippen LogP) is 4.44. The van der Waals surface area contributed by atoms with E-state index in [1.54, 1.807) is 23.1 Å². The van der Waals surface area contributed by atoms with Gasteiger partial charge in [0.05, 0.1) is 19.8 Å². The van der Waals surface area contributed by atoms with Gasteiger partial charge in [-0.1, -0.05) is 0 Å². The smallest absolute Gasteiger partial charge is 0.254 e. The normalized spacial score (nSPS) is 10.8. The van der Waals surface area contributed by atoms with Gasteiger partial charge in [-0.25, -0.2) is 0 Å². The van der Waals surface area contributed by atoms with Crippen LogP contribution in [0.1, 0.15) is 49.6 Å². The number of nitrogens with zero attached hydrogens (tertiary/aromatic N) is 1. The summed E-state index contributed by atoms with van der Waals surface area (Å²) in [6.07, 6.45) is 0. The second-order valence-corrected chi connectivity index (χ2v) is 6.07. The fraction of sp³-hybridized carbons (Fsp3) is 0.450. The molecule has 0 bridgehead atoms. The Hall–Kier alpha value is -2.43. The van der Waals surface area contributed by atoms with E-state index in [-0.39, 0.29) is 11.9 Å². The molecule has 0 saturated heterocycles. The molecule has 1 heterocycles. The summed E-state index contributed by atoms with van der Waals surface area (Å²) in [6, 6.07) is 9.17. The van der Waals surface area contributed by atoms with Gasteiger partial charge in [0.1, 0.15) is 11.5 Å². The Bertz CT molecular complexity index is 705. The van der Waals surface area contributed by atoms with Gasteiger partial charge in [-0.3, -0.25) is 4.79 Å². The van der Waals surface area contributed by atoms with E-state index >= 15 is 0 Å². The Morgan fingerprint density at radius 2 is 1.76 bits per heavy atom. The van der Waals surface area contributed by atoms with Crippen LogP contribution in [-0.2, 0) is 6.54 Å². The van der Waals surface area contributed by atoms with E-state index in [9.17, 15) is 4.79 Å². The van der Waals surface area contributed by atoms with E-state index < -0.39 is 0 Å². The standard InChI is InChI=1S/C20H27NO4/c1-6-23-18-11-9-16(12-19(18)24-7-2)20(22)21(14(3)4)13-17-10-8-15(5)25-17/h8-12,14H,6-7,13H2,1-5H3. The van der Waals surface area contributed by atoms with Crippen molar-refractivity contribution >= 4 is 5.91 Å². The van der Waals surface area contributed by atoms with Gasteiger partial charge in [0.2, 0.25) is 0 Å². The highest BCUT2D eigenvalue weighted by molar-refractivity contribution is 5.95. The second-order valence-electron chi connectivity index (χ2n) is 6.07. The molecular weight excluding hydrogens is 318 g/mol. The van der Waals surface area contributed by atoms with Crippen LogP contribution in [-0.4, -0.2) is 30.1 Å². The summed E-state index contributed by atoms with van der Waals surface area (Å²) in [5.41, 5.74) is 0.573. The first-order chi connectivity index (χ1) is 12.0. The van der Waals surface area contributed by atoms with Gasteiger partial charge in [-0.05, 0) is 65.0 Å². The van der Waals surface area contributed by atoms with Crippen LogP contribution in [0.2, 0.25) is 0 Å². The molecule has 0 aliphatic heterocycles. The zero-order valence-electron chi connectivity index (χ0n) is 15.7. The lowest BCUT2D eigenvalue weighted by Crippen LogP contribution is -2.36. The lowest BCUT2D eigenvalue weighted by Gasteiger charge is -2.26. The molecule has 25 heavy (non-hydrogen) atoms. The maximum Gasteiger partial charge on any atom is 0.254 e. The van der Waals surface area contributed by atoms with Crippen LogP contribution in [0.15, 0.2) is 34.7 Å². The third-order valence-corrected chi connectivity index (χ3v) is 3.80. The van der Waals surface area contributed by atoms with Crippen molar-refractivity contribution in [2.45, 2.75) is 47.2 Å². The van der Waals surface area contributed by atoms with Gasteiger partial charge in [0, 0.05) is 11.6 Å². The van der Waals surface area contributed by atoms with Gasteiger partial charge >= 0.3 is 0 Å². The van der Waals surface area contributed by atoms with Crippen molar-refractivity contribution in [3.8, 4) is 11.5 Å². The predicted molar refractivity (Wildman–Crippen MR) is 97.2 cm³/mol. The van der Waals surface area contributed by atoms with Crippen molar-refractivity contribution in [1.82, 2.24) is 4.90 Å². The monoisotopic (exact) mass is 345 g/mol. The minimum absolute atomic E-state index is 0.0417. The van der Waals surface area contributed by atoms with E-state index in [0.29, 0.717) is 36.8 Å². The van der Waals surface area contributed by atoms with Crippen LogP contribution in [0.4, 0.5) is 0 Å². The summed E-state index contributed by atoms with van der Waals surface area (Å²) < 4.78 is 16.8. The lowest BCUT2D eigenvalue weighted by atomic mass is 10.1. The summed E-state index contributed by atoms with van der Waals surface area (Å²) in [5.74, 6) is 2.79. The number of rotatable bonds is 8. The fourth-order valence-corrected chi connectivity index (χ4v) is 2.58. The summed E-state index contributed by atoms with van der Waals surface area (Å²) in [5, 5.41) is 0. The van der Waals surface area contributed by atoms with E-state index in [1.807, 2.05) is 46.8 Å². The lowest BCUT2D eigenvalue weighted by molar-refractivity contribution is 0.0674. The van der Waals surface area contributed by atoms with Crippen molar-refractivity contribution < 1.29 is 18.7 Å². The molecule has 1 amide bonds. The third-order valence-electron chi connectivity index (χ3n) is 3.80.